The van der Waals surface area contributed by atoms with Crippen LogP contribution in [0.2, 0.25) is 0 Å². The van der Waals surface area contributed by atoms with Crippen LogP contribution in [0.5, 0.6) is 0 Å². The van der Waals surface area contributed by atoms with Gasteiger partial charge in [-0.1, -0.05) is 29.8 Å². The average Bonchev–Trinajstić information content (AvgIpc) is 2.67. The van der Waals surface area contributed by atoms with E-state index in [9.17, 15) is 18.0 Å². The summed E-state index contributed by atoms with van der Waals surface area (Å²) in [5.41, 5.74) is 3.48. The molecule has 7 heteroatoms. The van der Waals surface area contributed by atoms with E-state index in [1.165, 1.54) is 11.2 Å². The second-order valence-electron chi connectivity index (χ2n) is 8.00. The maximum Gasteiger partial charge on any atom is 0.243 e. The number of benzene rings is 2. The molecule has 1 N–H and O–H groups in total. The lowest BCUT2D eigenvalue weighted by molar-refractivity contribution is -0.120. The molecular weight excluding hydrogens is 400 g/mol. The Balaban J connectivity index is 1.71. The zero-order valence-corrected chi connectivity index (χ0v) is 18.7. The zero-order chi connectivity index (χ0) is 22.1. The molecule has 1 aliphatic rings. The Labute approximate surface area is 178 Å². The number of carbonyl (C=O) groups is 2. The summed E-state index contributed by atoms with van der Waals surface area (Å²) in [6.07, 6.45) is 0.883. The first-order valence-corrected chi connectivity index (χ1v) is 11.5. The molecule has 1 heterocycles. The van der Waals surface area contributed by atoms with Crippen LogP contribution in [0.4, 0.5) is 5.69 Å². The minimum Gasteiger partial charge on any atom is -0.325 e. The number of para-hydroxylation sites is 1. The number of hydrogen-bond donors (Lipinski definition) is 1. The van der Waals surface area contributed by atoms with Crippen molar-refractivity contribution in [2.75, 3.05) is 18.4 Å². The molecule has 0 spiro atoms. The molecule has 3 rings (SSSR count). The predicted octanol–water partition coefficient (Wildman–Crippen LogP) is 3.85. The molecule has 0 bridgehead atoms. The molecule has 0 radical (unpaired) electrons. The fraction of sp³-hybridized carbons (Fsp3) is 0.391. The fourth-order valence-corrected chi connectivity index (χ4v) is 6.08. The van der Waals surface area contributed by atoms with E-state index in [4.69, 9.17) is 0 Å². The van der Waals surface area contributed by atoms with Gasteiger partial charge in [0, 0.05) is 24.6 Å². The van der Waals surface area contributed by atoms with Crippen LogP contribution in [-0.2, 0) is 14.8 Å². The van der Waals surface area contributed by atoms with Crippen LogP contribution in [0.25, 0.3) is 0 Å². The summed E-state index contributed by atoms with van der Waals surface area (Å²) in [5.74, 6) is -0.587. The van der Waals surface area contributed by atoms with Crippen LogP contribution in [0, 0.1) is 26.7 Å². The van der Waals surface area contributed by atoms with Gasteiger partial charge in [-0.15, -0.1) is 0 Å². The number of nitrogens with one attached hydrogen (secondary N) is 1. The Kier molecular flexibility index (Phi) is 6.43. The zero-order valence-electron chi connectivity index (χ0n) is 17.9. The van der Waals surface area contributed by atoms with Crippen molar-refractivity contribution in [1.82, 2.24) is 4.31 Å². The normalized spacial score (nSPS) is 15.7. The summed E-state index contributed by atoms with van der Waals surface area (Å²) in [5, 5.41) is 2.84. The van der Waals surface area contributed by atoms with Gasteiger partial charge in [0.25, 0.3) is 0 Å². The number of piperidine rings is 1. The van der Waals surface area contributed by atoms with E-state index in [0.717, 1.165) is 16.7 Å². The monoisotopic (exact) mass is 428 g/mol. The maximum atomic E-state index is 13.2. The van der Waals surface area contributed by atoms with Crippen LogP contribution in [0.3, 0.4) is 0 Å². The third kappa shape index (κ3) is 4.47. The van der Waals surface area contributed by atoms with E-state index in [1.807, 2.05) is 32.9 Å². The second kappa shape index (κ2) is 8.70. The summed E-state index contributed by atoms with van der Waals surface area (Å²) in [6.45, 7) is 7.64. The van der Waals surface area contributed by atoms with Crippen LogP contribution in [0.1, 0.15) is 46.8 Å². The van der Waals surface area contributed by atoms with Crippen molar-refractivity contribution in [2.45, 2.75) is 45.4 Å². The highest BCUT2D eigenvalue weighted by Crippen LogP contribution is 2.29. The van der Waals surface area contributed by atoms with Crippen LogP contribution >= 0.6 is 0 Å². The summed E-state index contributed by atoms with van der Waals surface area (Å²) >= 11 is 0. The number of carbonyl (C=O) groups excluding carboxylic acids is 2. The van der Waals surface area contributed by atoms with E-state index < -0.39 is 10.0 Å². The molecule has 2 aromatic carbocycles. The van der Waals surface area contributed by atoms with Gasteiger partial charge < -0.3 is 5.32 Å². The van der Waals surface area contributed by atoms with Gasteiger partial charge in [-0.3, -0.25) is 9.59 Å². The van der Waals surface area contributed by atoms with E-state index >= 15 is 0 Å². The standard InChI is InChI=1S/C23H28N2O4S/c1-15-13-16(2)22(17(3)14-15)30(28,29)25-11-9-19(10-12-25)23(27)24-21-8-6-5-7-20(21)18(4)26/h5-8,13-14,19H,9-12H2,1-4H3,(H,24,27). The highest BCUT2D eigenvalue weighted by molar-refractivity contribution is 7.89. The molecule has 0 aromatic heterocycles. The van der Waals surface area contributed by atoms with Crippen molar-refractivity contribution < 1.29 is 18.0 Å². The fourth-order valence-electron chi connectivity index (χ4n) is 4.20. The molecule has 160 valence electrons. The van der Waals surface area contributed by atoms with Gasteiger partial charge in [-0.05, 0) is 63.8 Å². The number of aryl methyl sites for hydroxylation is 3. The third-order valence-corrected chi connectivity index (χ3v) is 7.80. The molecule has 1 aliphatic heterocycles. The van der Waals surface area contributed by atoms with Gasteiger partial charge in [0.2, 0.25) is 15.9 Å². The molecule has 1 fully saturated rings. The SMILES string of the molecule is CC(=O)c1ccccc1NC(=O)C1CCN(S(=O)(=O)c2c(C)cc(C)cc2C)CC1. The topological polar surface area (TPSA) is 83.6 Å². The molecule has 0 aliphatic carbocycles. The molecule has 0 saturated carbocycles. The van der Waals surface area contributed by atoms with Crippen molar-refractivity contribution in [1.29, 1.82) is 0 Å². The Morgan fingerprint density at radius 1 is 1.00 bits per heavy atom. The van der Waals surface area contributed by atoms with Crippen molar-refractivity contribution in [3.8, 4) is 0 Å². The van der Waals surface area contributed by atoms with E-state index in [-0.39, 0.29) is 17.6 Å². The number of nitrogens with zero attached hydrogens (tertiary/aromatic N) is 1. The number of hydrogen-bond acceptors (Lipinski definition) is 4. The van der Waals surface area contributed by atoms with Gasteiger partial charge in [-0.2, -0.15) is 4.31 Å². The van der Waals surface area contributed by atoms with Crippen LogP contribution < -0.4 is 5.32 Å². The highest BCUT2D eigenvalue weighted by atomic mass is 32.2. The minimum absolute atomic E-state index is 0.115. The molecular formula is C23H28N2O4S. The van der Waals surface area contributed by atoms with Crippen LogP contribution in [-0.4, -0.2) is 37.5 Å². The summed E-state index contributed by atoms with van der Waals surface area (Å²) in [4.78, 5) is 24.9. The lowest BCUT2D eigenvalue weighted by Gasteiger charge is -2.31. The number of anilines is 1. The quantitative estimate of drug-likeness (QED) is 0.733. The molecule has 0 atom stereocenters. The van der Waals surface area contributed by atoms with E-state index in [0.29, 0.717) is 42.1 Å². The summed E-state index contributed by atoms with van der Waals surface area (Å²) in [7, 11) is -3.61. The summed E-state index contributed by atoms with van der Waals surface area (Å²) < 4.78 is 27.9. The van der Waals surface area contributed by atoms with Gasteiger partial charge in [0.1, 0.15) is 0 Å². The Bertz CT molecular complexity index is 1060. The molecule has 2 aromatic rings. The number of ketones is 1. The second-order valence-corrected chi connectivity index (χ2v) is 9.87. The number of rotatable bonds is 5. The molecule has 6 nitrogen and oxygen atoms in total. The average molecular weight is 429 g/mol. The molecule has 0 unspecified atom stereocenters. The Hall–Kier alpha value is -2.51. The predicted molar refractivity (Wildman–Crippen MR) is 117 cm³/mol. The first-order valence-electron chi connectivity index (χ1n) is 10.1. The van der Waals surface area contributed by atoms with Gasteiger partial charge in [0.15, 0.2) is 5.78 Å². The number of amides is 1. The van der Waals surface area contributed by atoms with Crippen molar-refractivity contribution in [2.24, 2.45) is 5.92 Å². The Morgan fingerprint density at radius 3 is 2.13 bits per heavy atom. The first-order chi connectivity index (χ1) is 14.1. The first kappa shape index (κ1) is 22.2. The van der Waals surface area contributed by atoms with Crippen molar-refractivity contribution >= 4 is 27.4 Å². The minimum atomic E-state index is -3.61. The van der Waals surface area contributed by atoms with Gasteiger partial charge >= 0.3 is 0 Å². The number of sulfonamides is 1. The highest BCUT2D eigenvalue weighted by Gasteiger charge is 2.33. The summed E-state index contributed by atoms with van der Waals surface area (Å²) in [6, 6.07) is 10.7. The maximum absolute atomic E-state index is 13.2. The largest absolute Gasteiger partial charge is 0.325 e. The van der Waals surface area contributed by atoms with Crippen molar-refractivity contribution in [3.05, 3.63) is 58.7 Å². The van der Waals surface area contributed by atoms with Gasteiger partial charge in [0.05, 0.1) is 10.6 Å². The number of Topliss-reactive ketones (excluding diaryl/α,β-unsaturated/α-hetero) is 1. The molecule has 30 heavy (non-hydrogen) atoms. The molecule has 1 saturated heterocycles. The van der Waals surface area contributed by atoms with Gasteiger partial charge in [-0.25, -0.2) is 8.42 Å². The van der Waals surface area contributed by atoms with Crippen molar-refractivity contribution in [3.63, 3.8) is 0 Å². The molecule has 1 amide bonds. The van der Waals surface area contributed by atoms with Crippen LogP contribution in [0.15, 0.2) is 41.3 Å². The smallest absolute Gasteiger partial charge is 0.243 e. The lowest BCUT2D eigenvalue weighted by atomic mass is 9.97. The Morgan fingerprint density at radius 2 is 1.57 bits per heavy atom. The third-order valence-electron chi connectivity index (χ3n) is 5.59. The van der Waals surface area contributed by atoms with E-state index in [1.54, 1.807) is 24.3 Å². The van der Waals surface area contributed by atoms with E-state index in [2.05, 4.69) is 5.32 Å². The lowest BCUT2D eigenvalue weighted by Crippen LogP contribution is -2.41.